The zero-order valence-corrected chi connectivity index (χ0v) is 11.9. The summed E-state index contributed by atoms with van der Waals surface area (Å²) in [4.78, 5) is 1.08. The fourth-order valence-corrected chi connectivity index (χ4v) is 2.22. The maximum atomic E-state index is 5.74. The van der Waals surface area contributed by atoms with Gasteiger partial charge in [-0.2, -0.15) is 0 Å². The quantitative estimate of drug-likeness (QED) is 0.690. The molecule has 0 saturated carbocycles. The second-order valence-corrected chi connectivity index (χ2v) is 5.49. The SMILES string of the molecule is C=C1OC(C)(C)C/C1=C(C)/C(S)=C(/C)CC. The summed E-state index contributed by atoms with van der Waals surface area (Å²) >= 11 is 4.60. The second kappa shape index (κ2) is 4.70. The van der Waals surface area contributed by atoms with Crippen LogP contribution < -0.4 is 0 Å². The Morgan fingerprint density at radius 2 is 2.00 bits per heavy atom. The first-order valence-corrected chi connectivity index (χ1v) is 6.20. The highest BCUT2D eigenvalue weighted by Crippen LogP contribution is 2.40. The van der Waals surface area contributed by atoms with E-state index in [9.17, 15) is 0 Å². The van der Waals surface area contributed by atoms with Gasteiger partial charge in [0.15, 0.2) is 0 Å². The van der Waals surface area contributed by atoms with Gasteiger partial charge in [-0.1, -0.05) is 19.1 Å². The Bertz CT molecular complexity index is 372. The lowest BCUT2D eigenvalue weighted by Crippen LogP contribution is -2.15. The summed E-state index contributed by atoms with van der Waals surface area (Å²) in [5.74, 6) is 0.804. The molecule has 0 unspecified atom stereocenters. The molecule has 0 aromatic heterocycles. The predicted molar refractivity (Wildman–Crippen MR) is 73.6 cm³/mol. The smallest absolute Gasteiger partial charge is 0.116 e. The summed E-state index contributed by atoms with van der Waals surface area (Å²) < 4.78 is 5.74. The van der Waals surface area contributed by atoms with Gasteiger partial charge in [0.1, 0.15) is 11.4 Å². The number of allylic oxidation sites excluding steroid dienone is 3. The van der Waals surface area contributed by atoms with Crippen LogP contribution in [0.4, 0.5) is 0 Å². The molecule has 0 bridgehead atoms. The summed E-state index contributed by atoms with van der Waals surface area (Å²) in [6.07, 6.45) is 1.94. The summed E-state index contributed by atoms with van der Waals surface area (Å²) in [5, 5.41) is 0. The van der Waals surface area contributed by atoms with Crippen molar-refractivity contribution in [2.45, 2.75) is 53.1 Å². The normalized spacial score (nSPS) is 24.0. The third-order valence-corrected chi connectivity index (χ3v) is 3.80. The van der Waals surface area contributed by atoms with Crippen molar-refractivity contribution < 1.29 is 4.74 Å². The van der Waals surface area contributed by atoms with E-state index in [0.29, 0.717) is 0 Å². The Balaban J connectivity index is 3.12. The van der Waals surface area contributed by atoms with Crippen LogP contribution in [0.2, 0.25) is 0 Å². The molecular weight excluding hydrogens is 216 g/mol. The lowest BCUT2D eigenvalue weighted by Gasteiger charge is -2.15. The average molecular weight is 238 g/mol. The summed E-state index contributed by atoms with van der Waals surface area (Å²) in [6.45, 7) is 14.5. The van der Waals surface area contributed by atoms with Gasteiger partial charge in [0.05, 0.1) is 0 Å². The van der Waals surface area contributed by atoms with Crippen LogP contribution in [0.25, 0.3) is 0 Å². The van der Waals surface area contributed by atoms with Crippen LogP contribution >= 0.6 is 12.6 Å². The Labute approximate surface area is 105 Å². The second-order valence-electron chi connectivity index (χ2n) is 5.05. The van der Waals surface area contributed by atoms with E-state index in [4.69, 9.17) is 4.74 Å². The first-order valence-electron chi connectivity index (χ1n) is 5.75. The van der Waals surface area contributed by atoms with Crippen molar-refractivity contribution in [1.82, 2.24) is 0 Å². The van der Waals surface area contributed by atoms with Crippen molar-refractivity contribution >= 4 is 12.6 Å². The lowest BCUT2D eigenvalue weighted by atomic mass is 9.96. The number of hydrogen-bond acceptors (Lipinski definition) is 2. The highest BCUT2D eigenvalue weighted by molar-refractivity contribution is 7.84. The molecule has 0 atom stereocenters. The zero-order valence-electron chi connectivity index (χ0n) is 11.0. The molecule has 0 aromatic carbocycles. The van der Waals surface area contributed by atoms with E-state index in [0.717, 1.165) is 23.5 Å². The lowest BCUT2D eigenvalue weighted by molar-refractivity contribution is 0.0774. The zero-order chi connectivity index (χ0) is 12.5. The van der Waals surface area contributed by atoms with Gasteiger partial charge < -0.3 is 4.74 Å². The van der Waals surface area contributed by atoms with E-state index in [2.05, 4.69) is 53.8 Å². The number of rotatable bonds is 2. The Morgan fingerprint density at radius 3 is 2.38 bits per heavy atom. The maximum absolute atomic E-state index is 5.74. The molecule has 90 valence electrons. The average Bonchev–Trinajstić information content (AvgIpc) is 2.48. The van der Waals surface area contributed by atoms with E-state index in [1.807, 2.05) is 0 Å². The molecule has 1 nitrogen and oxygen atoms in total. The molecule has 0 spiro atoms. The minimum Gasteiger partial charge on any atom is -0.488 e. The van der Waals surface area contributed by atoms with Crippen LogP contribution in [0.1, 0.15) is 47.5 Å². The first-order chi connectivity index (χ1) is 7.28. The molecule has 0 N–H and O–H groups in total. The van der Waals surface area contributed by atoms with Gasteiger partial charge in [-0.05, 0) is 39.7 Å². The number of thiol groups is 1. The molecule has 1 rings (SSSR count). The van der Waals surface area contributed by atoms with Crippen LogP contribution in [0, 0.1) is 0 Å². The van der Waals surface area contributed by atoms with Gasteiger partial charge in [0.2, 0.25) is 0 Å². The Morgan fingerprint density at radius 1 is 1.44 bits per heavy atom. The van der Waals surface area contributed by atoms with Gasteiger partial charge in [-0.15, -0.1) is 12.6 Å². The molecule has 16 heavy (non-hydrogen) atoms. The third kappa shape index (κ3) is 2.73. The maximum Gasteiger partial charge on any atom is 0.116 e. The molecule has 1 aliphatic rings. The van der Waals surface area contributed by atoms with Crippen LogP contribution in [0.15, 0.2) is 34.0 Å². The highest BCUT2D eigenvalue weighted by Gasteiger charge is 2.32. The van der Waals surface area contributed by atoms with Crippen molar-refractivity contribution in [2.24, 2.45) is 0 Å². The van der Waals surface area contributed by atoms with Crippen molar-refractivity contribution in [3.8, 4) is 0 Å². The van der Waals surface area contributed by atoms with Crippen molar-refractivity contribution in [1.29, 1.82) is 0 Å². The highest BCUT2D eigenvalue weighted by atomic mass is 32.1. The van der Waals surface area contributed by atoms with Gasteiger partial charge >= 0.3 is 0 Å². The summed E-state index contributed by atoms with van der Waals surface area (Å²) in [5.41, 5.74) is 3.61. The monoisotopic (exact) mass is 238 g/mol. The van der Waals surface area contributed by atoms with Crippen LogP contribution in [-0.4, -0.2) is 5.60 Å². The summed E-state index contributed by atoms with van der Waals surface area (Å²) in [6, 6.07) is 0. The van der Waals surface area contributed by atoms with Gasteiger partial charge in [-0.25, -0.2) is 0 Å². The number of ether oxygens (including phenoxy) is 1. The van der Waals surface area contributed by atoms with Crippen LogP contribution in [-0.2, 0) is 4.74 Å². The van der Waals surface area contributed by atoms with Gasteiger partial charge in [-0.3, -0.25) is 0 Å². The first kappa shape index (κ1) is 13.4. The van der Waals surface area contributed by atoms with E-state index < -0.39 is 0 Å². The molecular formula is C14H22OS. The van der Waals surface area contributed by atoms with E-state index >= 15 is 0 Å². The van der Waals surface area contributed by atoms with Crippen molar-refractivity contribution in [2.75, 3.05) is 0 Å². The molecule has 0 aliphatic carbocycles. The third-order valence-electron chi connectivity index (χ3n) is 3.08. The number of hydrogen-bond donors (Lipinski definition) is 1. The van der Waals surface area contributed by atoms with Crippen molar-refractivity contribution in [3.63, 3.8) is 0 Å². The molecule has 1 saturated heterocycles. The fraction of sp³-hybridized carbons (Fsp3) is 0.571. The fourth-order valence-electron chi connectivity index (χ4n) is 1.93. The topological polar surface area (TPSA) is 9.23 Å². The largest absolute Gasteiger partial charge is 0.488 e. The van der Waals surface area contributed by atoms with Crippen LogP contribution in [0.5, 0.6) is 0 Å². The molecule has 2 heteroatoms. The van der Waals surface area contributed by atoms with E-state index in [1.54, 1.807) is 0 Å². The molecule has 1 aliphatic heterocycles. The van der Waals surface area contributed by atoms with Gasteiger partial charge in [0, 0.05) is 16.9 Å². The molecule has 0 aromatic rings. The van der Waals surface area contributed by atoms with Crippen molar-refractivity contribution in [3.05, 3.63) is 34.0 Å². The standard InChI is InChI=1S/C14H22OS/c1-7-9(2)13(16)10(3)12-8-14(5,6)15-11(12)4/h16H,4,7-8H2,1-3,5-6H3/b12-10-,13-9+. The molecule has 1 fully saturated rings. The van der Waals surface area contributed by atoms with Gasteiger partial charge in [0.25, 0.3) is 0 Å². The van der Waals surface area contributed by atoms with E-state index in [1.165, 1.54) is 16.7 Å². The molecule has 0 radical (unpaired) electrons. The molecule has 0 amide bonds. The Kier molecular flexibility index (Phi) is 3.95. The van der Waals surface area contributed by atoms with Crippen LogP contribution in [0.3, 0.4) is 0 Å². The Hall–Kier alpha value is -0.630. The summed E-state index contributed by atoms with van der Waals surface area (Å²) in [7, 11) is 0. The van der Waals surface area contributed by atoms with E-state index in [-0.39, 0.29) is 5.60 Å². The minimum absolute atomic E-state index is 0.123. The predicted octanol–water partition coefficient (Wildman–Crippen LogP) is 4.63. The molecule has 1 heterocycles. The minimum atomic E-state index is -0.123.